The summed E-state index contributed by atoms with van der Waals surface area (Å²) in [5.41, 5.74) is 2.16. The van der Waals surface area contributed by atoms with Gasteiger partial charge in [-0.2, -0.15) is 0 Å². The zero-order valence-electron chi connectivity index (χ0n) is 7.73. The summed E-state index contributed by atoms with van der Waals surface area (Å²) in [6, 6.07) is 12.5. The van der Waals surface area contributed by atoms with Crippen LogP contribution in [-0.2, 0) is 0 Å². The molecule has 68 valence electrons. The predicted molar refractivity (Wildman–Crippen MR) is 66.8 cm³/mol. The minimum absolute atomic E-state index is 1.06. The summed E-state index contributed by atoms with van der Waals surface area (Å²) in [5.74, 6) is 0. The van der Waals surface area contributed by atoms with Gasteiger partial charge >= 0.3 is 0 Å². The first-order chi connectivity index (χ1) is 6.85. The fraction of sp³-hybridized carbons (Fsp3) is 0. The molecule has 2 aromatic carbocycles. The Hall–Kier alpha value is -1.47. The molecular weight excluding hydrogens is 188 g/mol. The minimum Gasteiger partial charge on any atom is -0.0984 e. The molecule has 0 unspecified atom stereocenters. The Bertz CT molecular complexity index is 451. The lowest BCUT2D eigenvalue weighted by Crippen LogP contribution is -1.85. The van der Waals surface area contributed by atoms with E-state index in [0.717, 1.165) is 11.1 Å². The Balaban J connectivity index is 2.81. The second-order valence-electron chi connectivity index (χ2n) is 3.15. The second kappa shape index (κ2) is 3.72. The van der Waals surface area contributed by atoms with Crippen LogP contribution < -0.4 is 0 Å². The largest absolute Gasteiger partial charge is 0.0984 e. The molecule has 0 saturated carbocycles. The number of hydrogen-bond acceptors (Lipinski definition) is 1. The number of hydrogen-bond donors (Lipinski definition) is 0. The van der Waals surface area contributed by atoms with Crippen molar-refractivity contribution in [3.8, 4) is 0 Å². The second-order valence-corrected chi connectivity index (χ2v) is 3.39. The molecule has 0 aliphatic heterocycles. The van der Waals surface area contributed by atoms with Gasteiger partial charge in [0.05, 0.1) is 0 Å². The first-order valence-corrected chi connectivity index (χ1v) is 4.92. The lowest BCUT2D eigenvalue weighted by atomic mass is 10.0. The predicted octanol–water partition coefficient (Wildman–Crippen LogP) is 3.83. The quantitative estimate of drug-likeness (QED) is 0.661. The van der Waals surface area contributed by atoms with Crippen molar-refractivity contribution in [3.05, 3.63) is 54.1 Å². The number of benzene rings is 2. The maximum atomic E-state index is 4.96. The van der Waals surface area contributed by atoms with Crippen LogP contribution in [0.4, 0.5) is 0 Å². The van der Waals surface area contributed by atoms with E-state index in [9.17, 15) is 0 Å². The van der Waals surface area contributed by atoms with Crippen molar-refractivity contribution in [2.45, 2.75) is 0 Å². The fourth-order valence-electron chi connectivity index (χ4n) is 1.55. The van der Waals surface area contributed by atoms with Gasteiger partial charge < -0.3 is 0 Å². The highest BCUT2D eigenvalue weighted by Gasteiger charge is 1.98. The molecule has 0 aliphatic rings. The topological polar surface area (TPSA) is 0 Å². The van der Waals surface area contributed by atoms with Gasteiger partial charge in [-0.3, -0.25) is 0 Å². The van der Waals surface area contributed by atoms with E-state index in [4.69, 9.17) is 12.2 Å². The Morgan fingerprint density at radius 1 is 1.00 bits per heavy atom. The Labute approximate surface area is 88.9 Å². The van der Waals surface area contributed by atoms with Gasteiger partial charge in [-0.15, -0.1) is 0 Å². The van der Waals surface area contributed by atoms with Crippen LogP contribution in [0.1, 0.15) is 11.1 Å². The smallest absolute Gasteiger partial charge is 0.00923 e. The van der Waals surface area contributed by atoms with Crippen molar-refractivity contribution in [2.24, 2.45) is 0 Å². The van der Waals surface area contributed by atoms with E-state index in [1.807, 2.05) is 18.2 Å². The summed E-state index contributed by atoms with van der Waals surface area (Å²) in [5, 5.41) is 4.14. The van der Waals surface area contributed by atoms with E-state index in [2.05, 4.69) is 30.8 Å². The van der Waals surface area contributed by atoms with Crippen molar-refractivity contribution in [1.82, 2.24) is 0 Å². The maximum Gasteiger partial charge on any atom is 0.00923 e. The summed E-state index contributed by atoms with van der Waals surface area (Å²) in [7, 11) is 0. The molecule has 2 aromatic rings. The van der Waals surface area contributed by atoms with Crippen molar-refractivity contribution >= 4 is 34.4 Å². The van der Waals surface area contributed by atoms with E-state index < -0.39 is 0 Å². The molecule has 14 heavy (non-hydrogen) atoms. The SMILES string of the molecule is C=Cc1cc2ccccc2cc1C=S. The monoisotopic (exact) mass is 198 g/mol. The Kier molecular flexibility index (Phi) is 2.42. The molecule has 0 amide bonds. The van der Waals surface area contributed by atoms with Crippen LogP contribution in [0.3, 0.4) is 0 Å². The summed E-state index contributed by atoms with van der Waals surface area (Å²) < 4.78 is 0. The molecule has 0 saturated heterocycles. The fourth-order valence-corrected chi connectivity index (χ4v) is 1.76. The van der Waals surface area contributed by atoms with Crippen LogP contribution >= 0.6 is 12.2 Å². The number of rotatable bonds is 2. The summed E-state index contributed by atoms with van der Waals surface area (Å²) in [6.45, 7) is 3.78. The Morgan fingerprint density at radius 3 is 2.07 bits per heavy atom. The normalized spacial score (nSPS) is 10.0. The summed E-state index contributed by atoms with van der Waals surface area (Å²) in [6.07, 6.45) is 1.84. The minimum atomic E-state index is 1.06. The maximum absolute atomic E-state index is 4.96. The van der Waals surface area contributed by atoms with Gasteiger partial charge in [0.1, 0.15) is 0 Å². The highest BCUT2D eigenvalue weighted by atomic mass is 32.1. The van der Waals surface area contributed by atoms with Gasteiger partial charge in [-0.25, -0.2) is 0 Å². The molecule has 2 rings (SSSR count). The van der Waals surface area contributed by atoms with Crippen LogP contribution in [0.2, 0.25) is 0 Å². The standard InChI is InChI=1S/C13H10S/c1-2-10-7-11-5-3-4-6-12(11)8-13(10)9-14/h2-9H,1H2. The first-order valence-electron chi connectivity index (χ1n) is 4.45. The van der Waals surface area contributed by atoms with E-state index in [1.165, 1.54) is 10.8 Å². The molecule has 1 heteroatoms. The molecule has 0 bridgehead atoms. The average Bonchev–Trinajstić information content (AvgIpc) is 2.27. The van der Waals surface area contributed by atoms with Gasteiger partial charge in [0.15, 0.2) is 0 Å². The van der Waals surface area contributed by atoms with Crippen molar-refractivity contribution < 1.29 is 0 Å². The molecular formula is C13H10S. The lowest BCUT2D eigenvalue weighted by Gasteiger charge is -2.03. The zero-order chi connectivity index (χ0) is 9.97. The average molecular weight is 198 g/mol. The molecule has 0 atom stereocenters. The highest BCUT2D eigenvalue weighted by molar-refractivity contribution is 7.79. The number of thiocarbonyl (C=S) groups is 1. The van der Waals surface area contributed by atoms with Gasteiger partial charge in [0, 0.05) is 5.37 Å². The Morgan fingerprint density at radius 2 is 1.57 bits per heavy atom. The van der Waals surface area contributed by atoms with Gasteiger partial charge in [0.25, 0.3) is 0 Å². The van der Waals surface area contributed by atoms with Crippen LogP contribution in [0.25, 0.3) is 16.8 Å². The van der Waals surface area contributed by atoms with Gasteiger partial charge in [0.2, 0.25) is 0 Å². The lowest BCUT2D eigenvalue weighted by molar-refractivity contribution is 1.69. The van der Waals surface area contributed by atoms with Crippen LogP contribution in [0.5, 0.6) is 0 Å². The van der Waals surface area contributed by atoms with Crippen molar-refractivity contribution in [3.63, 3.8) is 0 Å². The molecule has 0 heterocycles. The van der Waals surface area contributed by atoms with E-state index in [0.29, 0.717) is 0 Å². The third-order valence-electron chi connectivity index (χ3n) is 2.30. The zero-order valence-corrected chi connectivity index (χ0v) is 8.55. The van der Waals surface area contributed by atoms with Crippen LogP contribution in [0, 0.1) is 0 Å². The molecule has 0 nitrogen and oxygen atoms in total. The molecule has 0 fully saturated rings. The third kappa shape index (κ3) is 1.47. The van der Waals surface area contributed by atoms with E-state index in [-0.39, 0.29) is 0 Å². The van der Waals surface area contributed by atoms with Gasteiger partial charge in [-0.1, -0.05) is 49.1 Å². The molecule has 0 N–H and O–H groups in total. The highest BCUT2D eigenvalue weighted by Crippen LogP contribution is 2.19. The summed E-state index contributed by atoms with van der Waals surface area (Å²) >= 11 is 4.96. The van der Waals surface area contributed by atoms with Crippen molar-refractivity contribution in [2.75, 3.05) is 0 Å². The molecule has 0 radical (unpaired) electrons. The van der Waals surface area contributed by atoms with Gasteiger partial charge in [-0.05, 0) is 34.0 Å². The van der Waals surface area contributed by atoms with Crippen molar-refractivity contribution in [1.29, 1.82) is 0 Å². The first kappa shape index (κ1) is 9.10. The van der Waals surface area contributed by atoms with Crippen LogP contribution in [0.15, 0.2) is 43.0 Å². The third-order valence-corrected chi connectivity index (χ3v) is 2.55. The van der Waals surface area contributed by atoms with E-state index in [1.54, 1.807) is 5.37 Å². The number of fused-ring (bicyclic) bond motifs is 1. The molecule has 0 spiro atoms. The summed E-state index contributed by atoms with van der Waals surface area (Å²) in [4.78, 5) is 0. The molecule has 0 aromatic heterocycles. The van der Waals surface area contributed by atoms with E-state index >= 15 is 0 Å². The molecule has 0 aliphatic carbocycles. The van der Waals surface area contributed by atoms with Crippen LogP contribution in [-0.4, -0.2) is 5.37 Å².